The molecule has 0 unspecified atom stereocenters. The van der Waals surface area contributed by atoms with Gasteiger partial charge in [-0.1, -0.05) is 6.92 Å². The maximum absolute atomic E-state index is 12.3. The Labute approximate surface area is 120 Å². The Morgan fingerprint density at radius 3 is 2.50 bits per heavy atom. The smallest absolute Gasteiger partial charge is 0.346 e. The summed E-state index contributed by atoms with van der Waals surface area (Å²) in [6.45, 7) is 2.59. The van der Waals surface area contributed by atoms with Crippen molar-refractivity contribution < 1.29 is 15.0 Å². The van der Waals surface area contributed by atoms with E-state index in [0.717, 1.165) is 0 Å². The molecule has 0 fully saturated rings. The van der Waals surface area contributed by atoms with Gasteiger partial charge in [-0.3, -0.25) is 4.79 Å². The SMILES string of the molecule is CCC(CO)(CO)NC(=O)c1c(SC)nc(=O)[nH]c1C. The van der Waals surface area contributed by atoms with Crippen molar-refractivity contribution in [2.24, 2.45) is 0 Å². The van der Waals surface area contributed by atoms with E-state index in [1.54, 1.807) is 20.1 Å². The van der Waals surface area contributed by atoms with Crippen molar-refractivity contribution in [3.05, 3.63) is 21.7 Å². The molecule has 0 saturated carbocycles. The average Bonchev–Trinajstić information content (AvgIpc) is 2.43. The van der Waals surface area contributed by atoms with E-state index in [1.807, 2.05) is 0 Å². The molecule has 0 saturated heterocycles. The minimum absolute atomic E-state index is 0.247. The zero-order chi connectivity index (χ0) is 15.3. The zero-order valence-electron chi connectivity index (χ0n) is 11.7. The third-order valence-electron chi connectivity index (χ3n) is 3.17. The van der Waals surface area contributed by atoms with E-state index in [-0.39, 0.29) is 18.8 Å². The Morgan fingerprint density at radius 2 is 2.05 bits per heavy atom. The normalized spacial score (nSPS) is 11.4. The van der Waals surface area contributed by atoms with E-state index >= 15 is 0 Å². The number of aryl methyl sites for hydroxylation is 1. The number of amides is 1. The molecule has 1 rings (SSSR count). The second-order valence-electron chi connectivity index (χ2n) is 4.46. The second kappa shape index (κ2) is 6.87. The molecule has 1 aromatic rings. The Bertz CT molecular complexity index is 532. The van der Waals surface area contributed by atoms with Gasteiger partial charge in [0.25, 0.3) is 5.91 Å². The maximum atomic E-state index is 12.3. The highest BCUT2D eigenvalue weighted by molar-refractivity contribution is 7.98. The average molecular weight is 301 g/mol. The van der Waals surface area contributed by atoms with Gasteiger partial charge >= 0.3 is 5.69 Å². The lowest BCUT2D eigenvalue weighted by molar-refractivity contribution is 0.0649. The third-order valence-corrected chi connectivity index (χ3v) is 3.85. The molecule has 1 aromatic heterocycles. The van der Waals surface area contributed by atoms with Crippen molar-refractivity contribution in [2.75, 3.05) is 19.5 Å². The third kappa shape index (κ3) is 3.38. The van der Waals surface area contributed by atoms with E-state index in [4.69, 9.17) is 0 Å². The Balaban J connectivity index is 3.19. The lowest BCUT2D eigenvalue weighted by atomic mass is 9.98. The number of thioether (sulfide) groups is 1. The van der Waals surface area contributed by atoms with Crippen molar-refractivity contribution in [3.8, 4) is 0 Å². The summed E-state index contributed by atoms with van der Waals surface area (Å²) in [5, 5.41) is 21.6. The number of aliphatic hydroxyl groups is 2. The first-order valence-corrected chi connectivity index (χ1v) is 7.34. The Kier molecular flexibility index (Phi) is 5.73. The molecule has 0 radical (unpaired) electrons. The number of rotatable bonds is 6. The van der Waals surface area contributed by atoms with E-state index in [9.17, 15) is 19.8 Å². The molecule has 1 amide bonds. The first kappa shape index (κ1) is 16.7. The van der Waals surface area contributed by atoms with Crippen molar-refractivity contribution in [1.82, 2.24) is 15.3 Å². The van der Waals surface area contributed by atoms with Crippen LogP contribution in [-0.2, 0) is 0 Å². The molecule has 0 bridgehead atoms. The van der Waals surface area contributed by atoms with Crippen LogP contribution in [0.4, 0.5) is 0 Å². The van der Waals surface area contributed by atoms with Gasteiger partial charge in [-0.2, -0.15) is 4.98 Å². The highest BCUT2D eigenvalue weighted by Crippen LogP contribution is 2.19. The molecule has 0 spiro atoms. The van der Waals surface area contributed by atoms with Gasteiger partial charge in [0.15, 0.2) is 0 Å². The highest BCUT2D eigenvalue weighted by atomic mass is 32.2. The summed E-state index contributed by atoms with van der Waals surface area (Å²) in [6.07, 6.45) is 2.08. The molecule has 1 heterocycles. The number of carbonyl (C=O) groups excluding carboxylic acids is 1. The van der Waals surface area contributed by atoms with Crippen LogP contribution >= 0.6 is 11.8 Å². The van der Waals surface area contributed by atoms with Gasteiger partial charge in [0.1, 0.15) is 5.03 Å². The maximum Gasteiger partial charge on any atom is 0.346 e. The van der Waals surface area contributed by atoms with Crippen molar-refractivity contribution in [2.45, 2.75) is 30.8 Å². The lowest BCUT2D eigenvalue weighted by Crippen LogP contribution is -2.54. The molecular formula is C12H19N3O4S. The monoisotopic (exact) mass is 301 g/mol. The van der Waals surface area contributed by atoms with Crippen LogP contribution in [0.1, 0.15) is 29.4 Å². The summed E-state index contributed by atoms with van der Waals surface area (Å²) in [6, 6.07) is 0. The standard InChI is InChI=1S/C12H19N3O4S/c1-4-12(5-16,6-17)15-9(18)8-7(2)13-11(19)14-10(8)20-3/h16-17H,4-6H2,1-3H3,(H,15,18)(H,13,14,19). The van der Waals surface area contributed by atoms with Crippen molar-refractivity contribution >= 4 is 17.7 Å². The molecule has 0 aliphatic heterocycles. The summed E-state index contributed by atoms with van der Waals surface area (Å²) in [5.74, 6) is -0.486. The molecular weight excluding hydrogens is 282 g/mol. The summed E-state index contributed by atoms with van der Waals surface area (Å²) in [4.78, 5) is 29.9. The molecule has 0 aromatic carbocycles. The van der Waals surface area contributed by atoms with Crippen LogP contribution in [0.5, 0.6) is 0 Å². The van der Waals surface area contributed by atoms with Gasteiger partial charge in [-0.25, -0.2) is 4.79 Å². The molecule has 8 heteroatoms. The lowest BCUT2D eigenvalue weighted by Gasteiger charge is -2.30. The second-order valence-corrected chi connectivity index (χ2v) is 5.25. The summed E-state index contributed by atoms with van der Waals surface area (Å²) in [7, 11) is 0. The number of hydrogen-bond acceptors (Lipinski definition) is 6. The molecule has 4 N–H and O–H groups in total. The Hall–Kier alpha value is -1.38. The van der Waals surface area contributed by atoms with Crippen LogP contribution in [0.3, 0.4) is 0 Å². The number of aromatic nitrogens is 2. The number of carbonyl (C=O) groups is 1. The van der Waals surface area contributed by atoms with Gasteiger partial charge in [0.05, 0.1) is 24.3 Å². The predicted molar refractivity (Wildman–Crippen MR) is 76.0 cm³/mol. The van der Waals surface area contributed by atoms with Gasteiger partial charge < -0.3 is 20.5 Å². The van der Waals surface area contributed by atoms with Crippen LogP contribution in [0.15, 0.2) is 9.82 Å². The minimum atomic E-state index is -1.09. The number of nitrogens with zero attached hydrogens (tertiary/aromatic N) is 1. The fourth-order valence-electron chi connectivity index (χ4n) is 1.72. The summed E-state index contributed by atoms with van der Waals surface area (Å²) >= 11 is 1.18. The van der Waals surface area contributed by atoms with E-state index in [1.165, 1.54) is 11.8 Å². The fourth-order valence-corrected chi connectivity index (χ4v) is 2.34. The van der Waals surface area contributed by atoms with Crippen LogP contribution in [-0.4, -0.2) is 51.1 Å². The number of aliphatic hydroxyl groups excluding tert-OH is 2. The number of aromatic amines is 1. The highest BCUT2D eigenvalue weighted by Gasteiger charge is 2.30. The van der Waals surface area contributed by atoms with Crippen molar-refractivity contribution in [1.29, 1.82) is 0 Å². The van der Waals surface area contributed by atoms with Crippen LogP contribution in [0.2, 0.25) is 0 Å². The topological polar surface area (TPSA) is 115 Å². The first-order valence-electron chi connectivity index (χ1n) is 6.12. The molecule has 112 valence electrons. The fraction of sp³-hybridized carbons (Fsp3) is 0.583. The van der Waals surface area contributed by atoms with Gasteiger partial charge in [0.2, 0.25) is 0 Å². The number of hydrogen-bond donors (Lipinski definition) is 4. The number of H-pyrrole nitrogens is 1. The van der Waals surface area contributed by atoms with Gasteiger partial charge in [-0.15, -0.1) is 11.8 Å². The van der Waals surface area contributed by atoms with Crippen LogP contribution in [0, 0.1) is 6.92 Å². The predicted octanol–water partition coefficient (Wildman–Crippen LogP) is -0.337. The van der Waals surface area contributed by atoms with E-state index < -0.39 is 17.1 Å². The molecule has 0 atom stereocenters. The summed E-state index contributed by atoms with van der Waals surface area (Å²) < 4.78 is 0. The largest absolute Gasteiger partial charge is 0.394 e. The minimum Gasteiger partial charge on any atom is -0.394 e. The van der Waals surface area contributed by atoms with E-state index in [0.29, 0.717) is 17.1 Å². The van der Waals surface area contributed by atoms with Crippen molar-refractivity contribution in [3.63, 3.8) is 0 Å². The first-order chi connectivity index (χ1) is 9.42. The summed E-state index contributed by atoms with van der Waals surface area (Å²) in [5.41, 5.74) is -0.964. The number of nitrogens with one attached hydrogen (secondary N) is 2. The van der Waals surface area contributed by atoms with Gasteiger partial charge in [-0.05, 0) is 19.6 Å². The molecule has 0 aliphatic rings. The van der Waals surface area contributed by atoms with E-state index in [2.05, 4.69) is 15.3 Å². The Morgan fingerprint density at radius 1 is 1.45 bits per heavy atom. The zero-order valence-corrected chi connectivity index (χ0v) is 12.5. The quantitative estimate of drug-likeness (QED) is 0.422. The van der Waals surface area contributed by atoms with Crippen LogP contribution in [0.25, 0.3) is 0 Å². The molecule has 0 aliphatic carbocycles. The molecule has 7 nitrogen and oxygen atoms in total. The van der Waals surface area contributed by atoms with Crippen LogP contribution < -0.4 is 11.0 Å². The molecule has 20 heavy (non-hydrogen) atoms. The van der Waals surface area contributed by atoms with Gasteiger partial charge in [0, 0.05) is 5.69 Å².